The molecule has 1 aromatic rings. The SMILES string of the molecule is CCn1nc(C)cc1CC(CN)C1CCS(=O)(=O)C1. The molecule has 2 heterocycles. The van der Waals surface area contributed by atoms with E-state index in [1.165, 1.54) is 5.69 Å². The second-order valence-corrected chi connectivity index (χ2v) is 7.68. The molecule has 0 spiro atoms. The van der Waals surface area contributed by atoms with Crippen molar-refractivity contribution in [1.82, 2.24) is 9.78 Å². The summed E-state index contributed by atoms with van der Waals surface area (Å²) in [5.41, 5.74) is 8.04. The molecule has 0 aliphatic carbocycles. The van der Waals surface area contributed by atoms with Crippen LogP contribution < -0.4 is 5.73 Å². The number of aromatic nitrogens is 2. The first-order chi connectivity index (χ1) is 8.95. The van der Waals surface area contributed by atoms with Crippen molar-refractivity contribution < 1.29 is 8.42 Å². The zero-order chi connectivity index (χ0) is 14.0. The number of rotatable bonds is 5. The maximum Gasteiger partial charge on any atom is 0.150 e. The normalized spacial score (nSPS) is 23.6. The topological polar surface area (TPSA) is 78.0 Å². The van der Waals surface area contributed by atoms with Crippen molar-refractivity contribution in [3.63, 3.8) is 0 Å². The highest BCUT2D eigenvalue weighted by Gasteiger charge is 2.33. The van der Waals surface area contributed by atoms with Crippen LogP contribution in [-0.4, -0.2) is 36.2 Å². The fourth-order valence-electron chi connectivity index (χ4n) is 2.94. The molecule has 2 rings (SSSR count). The van der Waals surface area contributed by atoms with Gasteiger partial charge in [-0.15, -0.1) is 0 Å². The first-order valence-electron chi connectivity index (χ1n) is 6.89. The lowest BCUT2D eigenvalue weighted by Gasteiger charge is -2.21. The number of nitrogens with zero attached hydrogens (tertiary/aromatic N) is 2. The van der Waals surface area contributed by atoms with Gasteiger partial charge in [0.2, 0.25) is 0 Å². The molecular formula is C13H23N3O2S. The second kappa shape index (κ2) is 5.63. The van der Waals surface area contributed by atoms with E-state index in [4.69, 9.17) is 5.73 Å². The molecule has 0 saturated carbocycles. The predicted molar refractivity (Wildman–Crippen MR) is 75.6 cm³/mol. The lowest BCUT2D eigenvalue weighted by molar-refractivity contribution is 0.361. The number of hydrogen-bond donors (Lipinski definition) is 1. The van der Waals surface area contributed by atoms with Gasteiger partial charge < -0.3 is 5.73 Å². The first kappa shape index (κ1) is 14.5. The van der Waals surface area contributed by atoms with E-state index in [1.807, 2.05) is 11.6 Å². The summed E-state index contributed by atoms with van der Waals surface area (Å²) in [5.74, 6) is 1.06. The molecule has 2 unspecified atom stereocenters. The Morgan fingerprint density at radius 1 is 1.58 bits per heavy atom. The van der Waals surface area contributed by atoms with Crippen LogP contribution in [0.4, 0.5) is 0 Å². The Bertz CT molecular complexity index is 536. The van der Waals surface area contributed by atoms with Crippen molar-refractivity contribution in [2.24, 2.45) is 17.6 Å². The Hall–Kier alpha value is -0.880. The van der Waals surface area contributed by atoms with Crippen molar-refractivity contribution in [2.45, 2.75) is 33.2 Å². The van der Waals surface area contributed by atoms with E-state index >= 15 is 0 Å². The van der Waals surface area contributed by atoms with Gasteiger partial charge >= 0.3 is 0 Å². The minimum Gasteiger partial charge on any atom is -0.330 e. The Balaban J connectivity index is 2.11. The van der Waals surface area contributed by atoms with Gasteiger partial charge in [-0.2, -0.15) is 5.10 Å². The minimum atomic E-state index is -2.83. The number of hydrogen-bond acceptors (Lipinski definition) is 4. The molecule has 1 aliphatic rings. The molecule has 1 saturated heterocycles. The van der Waals surface area contributed by atoms with Crippen LogP contribution in [0.5, 0.6) is 0 Å². The van der Waals surface area contributed by atoms with E-state index < -0.39 is 9.84 Å². The summed E-state index contributed by atoms with van der Waals surface area (Å²) in [4.78, 5) is 0. The molecule has 1 aromatic heterocycles. The summed E-state index contributed by atoms with van der Waals surface area (Å²) >= 11 is 0. The summed E-state index contributed by atoms with van der Waals surface area (Å²) in [7, 11) is -2.83. The first-order valence-corrected chi connectivity index (χ1v) is 8.71. The third kappa shape index (κ3) is 3.36. The van der Waals surface area contributed by atoms with Crippen LogP contribution in [0, 0.1) is 18.8 Å². The molecule has 19 heavy (non-hydrogen) atoms. The second-order valence-electron chi connectivity index (χ2n) is 5.46. The number of sulfone groups is 1. The molecule has 2 atom stereocenters. The Morgan fingerprint density at radius 3 is 2.84 bits per heavy atom. The van der Waals surface area contributed by atoms with Crippen molar-refractivity contribution >= 4 is 9.84 Å². The van der Waals surface area contributed by atoms with Gasteiger partial charge in [-0.1, -0.05) is 0 Å². The molecule has 0 radical (unpaired) electrons. The van der Waals surface area contributed by atoms with Crippen molar-refractivity contribution in [2.75, 3.05) is 18.1 Å². The standard InChI is InChI=1S/C13H23N3O2S/c1-3-16-13(6-10(2)15-16)7-12(8-14)11-4-5-19(17,18)9-11/h6,11-12H,3-5,7-9,14H2,1-2H3. The monoisotopic (exact) mass is 285 g/mol. The van der Waals surface area contributed by atoms with Gasteiger partial charge in [0, 0.05) is 12.2 Å². The van der Waals surface area contributed by atoms with Crippen LogP contribution in [0.2, 0.25) is 0 Å². The van der Waals surface area contributed by atoms with Gasteiger partial charge in [0.05, 0.1) is 17.2 Å². The highest BCUT2D eigenvalue weighted by molar-refractivity contribution is 7.91. The highest BCUT2D eigenvalue weighted by Crippen LogP contribution is 2.28. The van der Waals surface area contributed by atoms with E-state index in [9.17, 15) is 8.42 Å². The summed E-state index contributed by atoms with van der Waals surface area (Å²) < 4.78 is 25.2. The zero-order valence-corrected chi connectivity index (χ0v) is 12.5. The third-order valence-corrected chi connectivity index (χ3v) is 5.79. The Kier molecular flexibility index (Phi) is 4.30. The molecule has 6 heteroatoms. The van der Waals surface area contributed by atoms with Gasteiger partial charge in [-0.25, -0.2) is 8.42 Å². The molecular weight excluding hydrogens is 262 g/mol. The van der Waals surface area contributed by atoms with Crippen LogP contribution in [0.25, 0.3) is 0 Å². The lowest BCUT2D eigenvalue weighted by atomic mass is 9.88. The molecule has 0 amide bonds. The van der Waals surface area contributed by atoms with E-state index in [-0.39, 0.29) is 11.8 Å². The smallest absolute Gasteiger partial charge is 0.150 e. The summed E-state index contributed by atoms with van der Waals surface area (Å²) in [6.07, 6.45) is 1.58. The van der Waals surface area contributed by atoms with E-state index in [0.29, 0.717) is 18.1 Å². The van der Waals surface area contributed by atoms with Gasteiger partial charge in [0.15, 0.2) is 9.84 Å². The maximum atomic E-state index is 11.6. The minimum absolute atomic E-state index is 0.204. The Morgan fingerprint density at radius 2 is 2.32 bits per heavy atom. The van der Waals surface area contributed by atoms with Crippen molar-refractivity contribution in [1.29, 1.82) is 0 Å². The van der Waals surface area contributed by atoms with Crippen LogP contribution in [-0.2, 0) is 22.8 Å². The number of aryl methyl sites for hydroxylation is 2. The van der Waals surface area contributed by atoms with Crippen molar-refractivity contribution in [3.8, 4) is 0 Å². The van der Waals surface area contributed by atoms with Crippen LogP contribution in [0.1, 0.15) is 24.7 Å². The van der Waals surface area contributed by atoms with E-state index in [1.54, 1.807) is 0 Å². The van der Waals surface area contributed by atoms with Crippen molar-refractivity contribution in [3.05, 3.63) is 17.5 Å². The summed E-state index contributed by atoms with van der Waals surface area (Å²) in [6.45, 7) is 5.41. The van der Waals surface area contributed by atoms with E-state index in [2.05, 4.69) is 18.1 Å². The average Bonchev–Trinajstić information content (AvgIpc) is 2.88. The largest absolute Gasteiger partial charge is 0.330 e. The van der Waals surface area contributed by atoms with Gasteiger partial charge in [-0.3, -0.25) is 4.68 Å². The molecule has 0 bridgehead atoms. The lowest BCUT2D eigenvalue weighted by Crippen LogP contribution is -2.27. The third-order valence-electron chi connectivity index (χ3n) is 3.99. The zero-order valence-electron chi connectivity index (χ0n) is 11.7. The quantitative estimate of drug-likeness (QED) is 0.866. The van der Waals surface area contributed by atoms with Gasteiger partial charge in [0.1, 0.15) is 0 Å². The molecule has 2 N–H and O–H groups in total. The highest BCUT2D eigenvalue weighted by atomic mass is 32.2. The summed E-state index contributed by atoms with van der Waals surface area (Å²) in [6, 6.07) is 2.08. The Labute approximate surface area is 115 Å². The maximum absolute atomic E-state index is 11.6. The van der Waals surface area contributed by atoms with Crippen LogP contribution in [0.15, 0.2) is 6.07 Å². The fraction of sp³-hybridized carbons (Fsp3) is 0.769. The van der Waals surface area contributed by atoms with Crippen LogP contribution in [0.3, 0.4) is 0 Å². The predicted octanol–water partition coefficient (Wildman–Crippen LogP) is 0.764. The molecule has 1 aliphatic heterocycles. The van der Waals surface area contributed by atoms with E-state index in [0.717, 1.165) is 25.1 Å². The molecule has 1 fully saturated rings. The van der Waals surface area contributed by atoms with Gasteiger partial charge in [-0.05, 0) is 51.1 Å². The van der Waals surface area contributed by atoms with Crippen LogP contribution >= 0.6 is 0 Å². The molecule has 5 nitrogen and oxygen atoms in total. The average molecular weight is 285 g/mol. The summed E-state index contributed by atoms with van der Waals surface area (Å²) in [5, 5.41) is 4.43. The molecule has 0 aromatic carbocycles. The molecule has 108 valence electrons. The van der Waals surface area contributed by atoms with Gasteiger partial charge in [0.25, 0.3) is 0 Å². The fourth-order valence-corrected chi connectivity index (χ4v) is 4.86. The number of nitrogens with two attached hydrogens (primary N) is 1.